The van der Waals surface area contributed by atoms with Crippen LogP contribution in [0.1, 0.15) is 35.0 Å². The van der Waals surface area contributed by atoms with Gasteiger partial charge in [0.05, 0.1) is 24.1 Å². The van der Waals surface area contributed by atoms with Gasteiger partial charge in [0.25, 0.3) is 5.91 Å². The molecule has 1 heterocycles. The van der Waals surface area contributed by atoms with Gasteiger partial charge in [-0.3, -0.25) is 14.2 Å². The fraction of sp³-hybridized carbons (Fsp3) is 0.273. The van der Waals surface area contributed by atoms with Crippen molar-refractivity contribution in [1.29, 1.82) is 0 Å². The number of nitrogens with one attached hydrogen (secondary N) is 1. The number of hydrogen-bond donors (Lipinski definition) is 1. The molecule has 0 aliphatic heterocycles. The molecule has 0 unspecified atom stereocenters. The number of amides is 1. The van der Waals surface area contributed by atoms with Gasteiger partial charge in [-0.15, -0.1) is 0 Å². The van der Waals surface area contributed by atoms with Gasteiger partial charge in [0.15, 0.2) is 0 Å². The van der Waals surface area contributed by atoms with Crippen molar-refractivity contribution in [2.45, 2.75) is 26.7 Å². The molecule has 0 aliphatic carbocycles. The molecule has 0 radical (unpaired) electrons. The highest BCUT2D eigenvalue weighted by Crippen LogP contribution is 2.35. The van der Waals surface area contributed by atoms with Crippen LogP contribution in [-0.2, 0) is 11.2 Å². The van der Waals surface area contributed by atoms with E-state index in [9.17, 15) is 9.59 Å². The van der Waals surface area contributed by atoms with Crippen LogP contribution in [0.5, 0.6) is 5.75 Å². The van der Waals surface area contributed by atoms with E-state index >= 15 is 0 Å². The molecule has 0 aliphatic rings. The van der Waals surface area contributed by atoms with Gasteiger partial charge in [0, 0.05) is 28.2 Å². The van der Waals surface area contributed by atoms with Gasteiger partial charge in [-0.05, 0) is 55.3 Å². The molecule has 1 amide bonds. The van der Waals surface area contributed by atoms with E-state index < -0.39 is 0 Å². The first kappa shape index (κ1) is 21.2. The largest absolute Gasteiger partial charge is 0.495 e. The first-order valence-corrected chi connectivity index (χ1v) is 10.1. The number of aromatic nitrogens is 1. The van der Waals surface area contributed by atoms with E-state index in [1.54, 1.807) is 41.0 Å². The van der Waals surface area contributed by atoms with Crippen molar-refractivity contribution < 1.29 is 14.3 Å². The lowest BCUT2D eigenvalue weighted by Crippen LogP contribution is -2.26. The van der Waals surface area contributed by atoms with Crippen LogP contribution < -0.4 is 10.1 Å². The number of halogens is 2. The minimum absolute atomic E-state index is 0.0955. The quantitative estimate of drug-likeness (QED) is 0.594. The van der Waals surface area contributed by atoms with Crippen molar-refractivity contribution in [2.24, 2.45) is 0 Å². The number of fused-ring (bicyclic) bond motifs is 1. The van der Waals surface area contributed by atoms with Crippen LogP contribution in [0.15, 0.2) is 36.4 Å². The zero-order valence-electron chi connectivity index (χ0n) is 16.5. The third kappa shape index (κ3) is 4.26. The van der Waals surface area contributed by atoms with E-state index in [0.29, 0.717) is 39.1 Å². The van der Waals surface area contributed by atoms with E-state index in [1.807, 2.05) is 13.8 Å². The zero-order valence-corrected chi connectivity index (χ0v) is 18.0. The average Bonchev–Trinajstić information content (AvgIpc) is 2.96. The minimum atomic E-state index is -0.217. The first-order chi connectivity index (χ1) is 13.9. The molecule has 5 nitrogen and oxygen atoms in total. The zero-order chi connectivity index (χ0) is 21.1. The van der Waals surface area contributed by atoms with Gasteiger partial charge in [-0.25, -0.2) is 0 Å². The maximum atomic E-state index is 13.3. The predicted octanol–water partition coefficient (Wildman–Crippen LogP) is 5.02. The summed E-state index contributed by atoms with van der Waals surface area (Å²) in [7, 11) is 1.53. The minimum Gasteiger partial charge on any atom is -0.495 e. The topological polar surface area (TPSA) is 60.3 Å². The number of carbonyl (C=O) groups is 2. The second-order valence-electron chi connectivity index (χ2n) is 6.74. The van der Waals surface area contributed by atoms with E-state index in [1.165, 1.54) is 7.11 Å². The molecule has 0 saturated carbocycles. The lowest BCUT2D eigenvalue weighted by atomic mass is 10.1. The lowest BCUT2D eigenvalue weighted by molar-refractivity contribution is -0.120. The number of rotatable bonds is 6. The fourth-order valence-corrected chi connectivity index (χ4v) is 3.69. The summed E-state index contributed by atoms with van der Waals surface area (Å²) in [5.41, 5.74) is 2.58. The number of benzene rings is 2. The molecule has 152 valence electrons. The Bertz CT molecular complexity index is 1070. The Morgan fingerprint density at radius 2 is 1.83 bits per heavy atom. The van der Waals surface area contributed by atoms with Gasteiger partial charge in [0.1, 0.15) is 5.75 Å². The van der Waals surface area contributed by atoms with Gasteiger partial charge in [-0.2, -0.15) is 0 Å². The smallest absolute Gasteiger partial charge is 0.262 e. The summed E-state index contributed by atoms with van der Waals surface area (Å²) in [4.78, 5) is 25.7. The SMILES string of the molecule is CCCNC(=O)Cc1c(C)n(C(=O)c2ccc(Cl)cc2)c2cc(Cl)c(OC)cc12. The summed E-state index contributed by atoms with van der Waals surface area (Å²) in [6, 6.07) is 10.2. The maximum absolute atomic E-state index is 13.3. The standard InChI is InChI=1S/C22H22Cl2N2O3/c1-4-9-25-21(27)11-16-13(2)26(22(28)14-5-7-15(23)8-6-14)19-12-18(24)20(29-3)10-17(16)19/h5-8,10,12H,4,9,11H2,1-3H3,(H,25,27). The van der Waals surface area contributed by atoms with Crippen molar-refractivity contribution in [3.8, 4) is 5.75 Å². The number of ether oxygens (including phenoxy) is 1. The normalized spacial score (nSPS) is 10.9. The molecule has 29 heavy (non-hydrogen) atoms. The second kappa shape index (κ2) is 8.89. The van der Waals surface area contributed by atoms with Crippen molar-refractivity contribution in [3.63, 3.8) is 0 Å². The van der Waals surface area contributed by atoms with Gasteiger partial charge in [0.2, 0.25) is 5.91 Å². The Morgan fingerprint density at radius 1 is 1.14 bits per heavy atom. The summed E-state index contributed by atoms with van der Waals surface area (Å²) in [6.45, 7) is 4.43. The maximum Gasteiger partial charge on any atom is 0.262 e. The third-order valence-electron chi connectivity index (χ3n) is 4.81. The highest BCUT2D eigenvalue weighted by Gasteiger charge is 2.23. The molecular formula is C22H22Cl2N2O3. The van der Waals surface area contributed by atoms with Crippen LogP contribution in [0, 0.1) is 6.92 Å². The molecule has 1 N–H and O–H groups in total. The fourth-order valence-electron chi connectivity index (χ4n) is 3.33. The molecule has 0 saturated heterocycles. The highest BCUT2D eigenvalue weighted by atomic mass is 35.5. The Labute approximate surface area is 179 Å². The van der Waals surface area contributed by atoms with Crippen LogP contribution in [0.2, 0.25) is 10.0 Å². The van der Waals surface area contributed by atoms with Crippen molar-refractivity contribution >= 4 is 45.9 Å². The Balaban J connectivity index is 2.17. The van der Waals surface area contributed by atoms with E-state index in [-0.39, 0.29) is 18.2 Å². The van der Waals surface area contributed by atoms with Crippen molar-refractivity contribution in [3.05, 3.63) is 63.3 Å². The summed E-state index contributed by atoms with van der Waals surface area (Å²) in [5, 5.41) is 4.59. The lowest BCUT2D eigenvalue weighted by Gasteiger charge is -2.09. The third-order valence-corrected chi connectivity index (χ3v) is 5.36. The van der Waals surface area contributed by atoms with Crippen LogP contribution in [-0.4, -0.2) is 30.0 Å². The number of hydrogen-bond acceptors (Lipinski definition) is 3. The monoisotopic (exact) mass is 432 g/mol. The predicted molar refractivity (Wildman–Crippen MR) is 116 cm³/mol. The molecule has 0 bridgehead atoms. The average molecular weight is 433 g/mol. The van der Waals surface area contributed by atoms with Crippen molar-refractivity contribution in [1.82, 2.24) is 9.88 Å². The van der Waals surface area contributed by atoms with Crippen LogP contribution in [0.3, 0.4) is 0 Å². The summed E-state index contributed by atoms with van der Waals surface area (Å²) in [6.07, 6.45) is 1.01. The molecular weight excluding hydrogens is 411 g/mol. The molecule has 2 aromatic carbocycles. The Kier molecular flexibility index (Phi) is 6.50. The van der Waals surface area contributed by atoms with Gasteiger partial charge in [-0.1, -0.05) is 30.1 Å². The summed E-state index contributed by atoms with van der Waals surface area (Å²) in [5.74, 6) is 0.179. The molecule has 0 atom stereocenters. The molecule has 1 aromatic heterocycles. The molecule has 3 aromatic rings. The summed E-state index contributed by atoms with van der Waals surface area (Å²) >= 11 is 12.3. The van der Waals surface area contributed by atoms with Crippen LogP contribution >= 0.6 is 23.2 Å². The van der Waals surface area contributed by atoms with Crippen molar-refractivity contribution in [2.75, 3.05) is 13.7 Å². The molecule has 0 spiro atoms. The van der Waals surface area contributed by atoms with Gasteiger partial charge >= 0.3 is 0 Å². The second-order valence-corrected chi connectivity index (χ2v) is 7.59. The molecule has 3 rings (SSSR count). The van der Waals surface area contributed by atoms with Crippen LogP contribution in [0.4, 0.5) is 0 Å². The van der Waals surface area contributed by atoms with E-state index in [4.69, 9.17) is 27.9 Å². The Morgan fingerprint density at radius 3 is 2.45 bits per heavy atom. The number of nitrogens with zero attached hydrogens (tertiary/aromatic N) is 1. The first-order valence-electron chi connectivity index (χ1n) is 9.31. The number of methoxy groups -OCH3 is 1. The molecule has 7 heteroatoms. The Hall–Kier alpha value is -2.50. The summed E-state index contributed by atoms with van der Waals surface area (Å²) < 4.78 is 6.93. The van der Waals surface area contributed by atoms with E-state index in [0.717, 1.165) is 17.4 Å². The highest BCUT2D eigenvalue weighted by molar-refractivity contribution is 6.33. The van der Waals surface area contributed by atoms with Crippen LogP contribution in [0.25, 0.3) is 10.9 Å². The molecule has 0 fully saturated rings. The van der Waals surface area contributed by atoms with Gasteiger partial charge < -0.3 is 10.1 Å². The van der Waals surface area contributed by atoms with E-state index in [2.05, 4.69) is 5.32 Å². The number of carbonyl (C=O) groups excluding carboxylic acids is 2.